The third-order valence-electron chi connectivity index (χ3n) is 11.7. The van der Waals surface area contributed by atoms with Crippen LogP contribution in [0.4, 0.5) is 0 Å². The van der Waals surface area contributed by atoms with E-state index in [0.717, 1.165) is 44.8 Å². The Morgan fingerprint density at radius 3 is 2.91 bits per heavy atom. The lowest BCUT2D eigenvalue weighted by molar-refractivity contribution is -0.144. The minimum atomic E-state index is 0.150. The Hall–Kier alpha value is -1.59. The van der Waals surface area contributed by atoms with Crippen LogP contribution >= 0.6 is 0 Å². The number of rotatable bonds is 3. The maximum Gasteiger partial charge on any atom is 0.227 e. The van der Waals surface area contributed by atoms with E-state index in [1.165, 1.54) is 62.7 Å². The van der Waals surface area contributed by atoms with E-state index in [-0.39, 0.29) is 11.3 Å². The van der Waals surface area contributed by atoms with Gasteiger partial charge in [0.15, 0.2) is 0 Å². The molecule has 1 amide bonds. The van der Waals surface area contributed by atoms with Gasteiger partial charge in [0.25, 0.3) is 0 Å². The lowest BCUT2D eigenvalue weighted by Crippen LogP contribution is -2.70. The third kappa shape index (κ3) is 2.51. The van der Waals surface area contributed by atoms with Crippen molar-refractivity contribution in [2.45, 2.75) is 75.3 Å². The van der Waals surface area contributed by atoms with E-state index in [2.05, 4.69) is 27.2 Å². The van der Waals surface area contributed by atoms with Gasteiger partial charge in [0.1, 0.15) is 5.75 Å². The molecule has 3 saturated carbocycles. The monoisotopic (exact) mass is 461 g/mol. The van der Waals surface area contributed by atoms with Crippen molar-refractivity contribution in [3.8, 4) is 5.75 Å². The van der Waals surface area contributed by atoms with Crippen molar-refractivity contribution >= 4 is 5.91 Å². The van der Waals surface area contributed by atoms with Crippen LogP contribution in [0.25, 0.3) is 0 Å². The highest BCUT2D eigenvalue weighted by Gasteiger charge is 2.76. The van der Waals surface area contributed by atoms with Crippen molar-refractivity contribution < 1.29 is 9.90 Å². The molecular formula is C29H39N3O2. The normalized spacial score (nSPS) is 44.6. The first-order valence-electron chi connectivity index (χ1n) is 14.2. The topological polar surface area (TPSA) is 55.8 Å². The number of aromatic hydroxyl groups is 1. The fourth-order valence-corrected chi connectivity index (χ4v) is 10.5. The molecule has 1 aromatic carbocycles. The van der Waals surface area contributed by atoms with Gasteiger partial charge in [0.2, 0.25) is 5.91 Å². The molecule has 7 aliphatic rings. The first-order valence-corrected chi connectivity index (χ1v) is 14.2. The molecule has 182 valence electrons. The van der Waals surface area contributed by atoms with Crippen LogP contribution in [0.15, 0.2) is 18.2 Å². The number of hydrogen-bond donors (Lipinski definition) is 2. The van der Waals surface area contributed by atoms with E-state index in [0.29, 0.717) is 41.0 Å². The van der Waals surface area contributed by atoms with Crippen LogP contribution in [0.2, 0.25) is 0 Å². The number of benzene rings is 1. The second-order valence-electron chi connectivity index (χ2n) is 13.0. The number of amides is 1. The zero-order valence-corrected chi connectivity index (χ0v) is 20.3. The van der Waals surface area contributed by atoms with Gasteiger partial charge >= 0.3 is 0 Å². The number of carbonyl (C=O) groups is 1. The summed E-state index contributed by atoms with van der Waals surface area (Å²) in [4.78, 5) is 19.0. The molecule has 2 N–H and O–H groups in total. The van der Waals surface area contributed by atoms with E-state index < -0.39 is 0 Å². The van der Waals surface area contributed by atoms with Crippen molar-refractivity contribution in [1.82, 2.24) is 15.1 Å². The van der Waals surface area contributed by atoms with Gasteiger partial charge < -0.3 is 15.3 Å². The van der Waals surface area contributed by atoms with Crippen molar-refractivity contribution in [3.63, 3.8) is 0 Å². The zero-order valence-electron chi connectivity index (χ0n) is 20.3. The average molecular weight is 462 g/mol. The van der Waals surface area contributed by atoms with Gasteiger partial charge in [-0.25, -0.2) is 0 Å². The summed E-state index contributed by atoms with van der Waals surface area (Å²) in [5, 5.41) is 14.1. The zero-order chi connectivity index (χ0) is 22.7. The summed E-state index contributed by atoms with van der Waals surface area (Å²) in [6.45, 7) is 5.41. The minimum Gasteiger partial charge on any atom is -0.508 e. The van der Waals surface area contributed by atoms with Crippen molar-refractivity contribution in [2.75, 3.05) is 32.7 Å². The maximum atomic E-state index is 13.8. The summed E-state index contributed by atoms with van der Waals surface area (Å²) in [6.07, 6.45) is 11.1. The summed E-state index contributed by atoms with van der Waals surface area (Å²) in [5.74, 6) is 3.18. The molecule has 6 fully saturated rings. The van der Waals surface area contributed by atoms with Gasteiger partial charge in [-0.15, -0.1) is 0 Å². The van der Waals surface area contributed by atoms with E-state index in [1.54, 1.807) is 0 Å². The smallest absolute Gasteiger partial charge is 0.227 e. The third-order valence-corrected chi connectivity index (χ3v) is 11.7. The predicted octanol–water partition coefficient (Wildman–Crippen LogP) is 3.30. The molecule has 8 rings (SSSR count). The number of phenols is 1. The molecular weight excluding hydrogens is 422 g/mol. The number of carbonyl (C=O) groups excluding carboxylic acids is 1. The van der Waals surface area contributed by atoms with Crippen LogP contribution in [0.3, 0.4) is 0 Å². The largest absolute Gasteiger partial charge is 0.508 e. The fourth-order valence-electron chi connectivity index (χ4n) is 10.5. The molecule has 0 radical (unpaired) electrons. The van der Waals surface area contributed by atoms with Gasteiger partial charge in [0.05, 0.1) is 5.92 Å². The molecule has 5 nitrogen and oxygen atoms in total. The molecule has 34 heavy (non-hydrogen) atoms. The first kappa shape index (κ1) is 20.6. The Kier molecular flexibility index (Phi) is 4.24. The molecule has 4 bridgehead atoms. The SMILES string of the molecule is O=C([C@@H]1CCCNC1)N1C[C@H]2CC34CCC1C2C31CCN(CC2CC2)C4Cc2ccc(O)cc21. The summed E-state index contributed by atoms with van der Waals surface area (Å²) in [7, 11) is 0. The Balaban J connectivity index is 1.22. The number of phenolic OH excluding ortho intramolecular Hbond substituents is 1. The molecule has 3 saturated heterocycles. The van der Waals surface area contributed by atoms with E-state index in [4.69, 9.17) is 0 Å². The minimum absolute atomic E-state index is 0.150. The van der Waals surface area contributed by atoms with Crippen LogP contribution < -0.4 is 5.32 Å². The number of nitrogens with zero attached hydrogens (tertiary/aromatic N) is 2. The number of hydrogen-bond acceptors (Lipinski definition) is 4. The Morgan fingerprint density at radius 1 is 1.18 bits per heavy atom. The molecule has 5 heteroatoms. The molecule has 1 aromatic rings. The summed E-state index contributed by atoms with van der Waals surface area (Å²) in [5.41, 5.74) is 3.45. The molecule has 5 unspecified atom stereocenters. The Labute approximate surface area is 203 Å². The average Bonchev–Trinajstić information content (AvgIpc) is 3.55. The van der Waals surface area contributed by atoms with Crippen molar-refractivity contribution in [1.29, 1.82) is 0 Å². The number of nitrogens with one attached hydrogen (secondary N) is 1. The molecule has 3 aliphatic heterocycles. The van der Waals surface area contributed by atoms with Crippen LogP contribution in [-0.4, -0.2) is 65.6 Å². The van der Waals surface area contributed by atoms with Gasteiger partial charge in [-0.05, 0) is 117 Å². The van der Waals surface area contributed by atoms with Gasteiger partial charge in [-0.3, -0.25) is 9.69 Å². The summed E-state index contributed by atoms with van der Waals surface area (Å²) in [6, 6.07) is 7.35. The van der Waals surface area contributed by atoms with Crippen LogP contribution in [0, 0.1) is 29.1 Å². The highest BCUT2D eigenvalue weighted by molar-refractivity contribution is 5.80. The summed E-state index contributed by atoms with van der Waals surface area (Å²) >= 11 is 0. The Bertz CT molecular complexity index is 1030. The molecule has 3 heterocycles. The highest BCUT2D eigenvalue weighted by Crippen LogP contribution is 2.75. The molecule has 7 atom stereocenters. The lowest BCUT2D eigenvalue weighted by Gasteiger charge is -2.66. The van der Waals surface area contributed by atoms with E-state index in [1.807, 2.05) is 6.07 Å². The van der Waals surface area contributed by atoms with Gasteiger partial charge in [0, 0.05) is 37.1 Å². The van der Waals surface area contributed by atoms with Crippen LogP contribution in [0.1, 0.15) is 62.5 Å². The maximum absolute atomic E-state index is 13.8. The first-order chi connectivity index (χ1) is 16.6. The number of likely N-dealkylation sites (tertiary alicyclic amines) is 2. The summed E-state index contributed by atoms with van der Waals surface area (Å²) < 4.78 is 0. The number of piperidine rings is 2. The van der Waals surface area contributed by atoms with Crippen molar-refractivity contribution in [3.05, 3.63) is 29.3 Å². The van der Waals surface area contributed by atoms with E-state index in [9.17, 15) is 9.90 Å². The van der Waals surface area contributed by atoms with Crippen molar-refractivity contribution in [2.24, 2.45) is 29.1 Å². The molecule has 4 aliphatic carbocycles. The predicted molar refractivity (Wildman–Crippen MR) is 131 cm³/mol. The van der Waals surface area contributed by atoms with Gasteiger partial charge in [-0.2, -0.15) is 0 Å². The standard InChI is InChI=1S/C29H39N3O2/c33-22-6-5-19-12-25-28-8-7-24-26(21(14-28)17-32(24)27(34)20-2-1-10-30-15-20)29(28,23(19)13-22)9-11-31(25)16-18-3-4-18/h5-6,13,18,20-21,24-26,30,33H,1-4,7-12,14-17H2/t20-,21-,24?,25?,26?,28?,29?/m1/s1. The number of fused-ring (bicyclic) bond motifs is 1. The molecule has 0 aromatic heterocycles. The van der Waals surface area contributed by atoms with E-state index >= 15 is 0 Å². The van der Waals surface area contributed by atoms with Crippen LogP contribution in [0.5, 0.6) is 5.75 Å². The van der Waals surface area contributed by atoms with Gasteiger partial charge in [-0.1, -0.05) is 6.07 Å². The molecule has 0 spiro atoms. The van der Waals surface area contributed by atoms with Crippen LogP contribution in [-0.2, 0) is 16.6 Å². The fraction of sp³-hybridized carbons (Fsp3) is 0.759. The second-order valence-corrected chi connectivity index (χ2v) is 13.0. The lowest BCUT2D eigenvalue weighted by atomic mass is 9.43. The quantitative estimate of drug-likeness (QED) is 0.725. The second kappa shape index (κ2) is 7.00. The Morgan fingerprint density at radius 2 is 2.09 bits per heavy atom. The highest BCUT2D eigenvalue weighted by atomic mass is 16.3.